The Kier molecular flexibility index (Phi) is 15.5. The minimum atomic E-state index is -0.948. The van der Waals surface area contributed by atoms with Crippen LogP contribution < -0.4 is 38.1 Å². The molecule has 3 atom stereocenters. The fourth-order valence-electron chi connectivity index (χ4n) is 4.52. The Labute approximate surface area is 285 Å². The Hall–Kier alpha value is -5.47. The summed E-state index contributed by atoms with van der Waals surface area (Å²) in [6.45, 7) is 2.03. The number of amides is 5. The topological polar surface area (TPSA) is 216 Å². The molecule has 3 rings (SSSR count). The third-order valence-electron chi connectivity index (χ3n) is 7.27. The summed E-state index contributed by atoms with van der Waals surface area (Å²) >= 11 is 0. The Balaban J connectivity index is 1.56. The second-order valence-corrected chi connectivity index (χ2v) is 11.3. The average molecular weight is 676 g/mol. The Morgan fingerprint density at radius 1 is 0.653 bits per heavy atom. The maximum Gasteiger partial charge on any atom is 0.411 e. The van der Waals surface area contributed by atoms with E-state index in [2.05, 4.69) is 26.6 Å². The van der Waals surface area contributed by atoms with Gasteiger partial charge in [0.2, 0.25) is 17.7 Å². The van der Waals surface area contributed by atoms with Gasteiger partial charge in [0.25, 0.3) is 0 Å². The monoisotopic (exact) mass is 675 g/mol. The molecule has 0 saturated heterocycles. The summed E-state index contributed by atoms with van der Waals surface area (Å²) in [5.41, 5.74) is 14.6. The number of benzene rings is 3. The number of carbonyl (C=O) groups excluding carboxylic acids is 5. The van der Waals surface area contributed by atoms with Crippen molar-refractivity contribution in [1.82, 2.24) is 16.0 Å². The molecule has 0 unspecified atom stereocenters. The van der Waals surface area contributed by atoms with Gasteiger partial charge in [-0.15, -0.1) is 0 Å². The SMILES string of the molecule is CNC(=O)OCc1ccc(NC(=O)OCc2ccc(NC(=O)[C@H](CCCCN)NC(=O)[C@H](Cc3ccccc3)NC(=O)[C@@H](C)N)cc2)cc1. The number of unbranched alkanes of at least 4 members (excludes halogenated alkanes) is 1. The van der Waals surface area contributed by atoms with E-state index in [1.165, 1.54) is 14.0 Å². The minimum absolute atomic E-state index is 0.0220. The molecule has 0 aliphatic heterocycles. The molecule has 5 amide bonds. The zero-order chi connectivity index (χ0) is 35.6. The fourth-order valence-corrected chi connectivity index (χ4v) is 4.52. The van der Waals surface area contributed by atoms with Crippen molar-refractivity contribution in [3.05, 3.63) is 95.6 Å². The lowest BCUT2D eigenvalue weighted by atomic mass is 10.0. The van der Waals surface area contributed by atoms with Crippen LogP contribution in [0.3, 0.4) is 0 Å². The van der Waals surface area contributed by atoms with Crippen molar-refractivity contribution in [2.24, 2.45) is 11.5 Å². The van der Waals surface area contributed by atoms with Gasteiger partial charge in [0.05, 0.1) is 6.04 Å². The molecule has 0 aliphatic carbocycles. The molecule has 262 valence electrons. The maximum absolute atomic E-state index is 13.4. The number of carbonyl (C=O) groups is 5. The number of anilines is 2. The van der Waals surface area contributed by atoms with Gasteiger partial charge in [-0.05, 0) is 73.7 Å². The Morgan fingerprint density at radius 2 is 1.20 bits per heavy atom. The molecule has 14 nitrogen and oxygen atoms in total. The van der Waals surface area contributed by atoms with Crippen LogP contribution in [0.5, 0.6) is 0 Å². The molecule has 0 aliphatic rings. The molecule has 0 bridgehead atoms. The summed E-state index contributed by atoms with van der Waals surface area (Å²) in [5, 5.41) is 13.3. The molecule has 9 N–H and O–H groups in total. The highest BCUT2D eigenvalue weighted by Crippen LogP contribution is 2.15. The van der Waals surface area contributed by atoms with Crippen LogP contribution in [0.2, 0.25) is 0 Å². The lowest BCUT2D eigenvalue weighted by Gasteiger charge is -2.24. The van der Waals surface area contributed by atoms with Gasteiger partial charge < -0.3 is 42.2 Å². The summed E-state index contributed by atoms with van der Waals surface area (Å²) in [7, 11) is 1.47. The van der Waals surface area contributed by atoms with Crippen molar-refractivity contribution in [1.29, 1.82) is 0 Å². The number of hydrogen-bond acceptors (Lipinski definition) is 9. The van der Waals surface area contributed by atoms with E-state index in [0.29, 0.717) is 42.7 Å². The largest absolute Gasteiger partial charge is 0.445 e. The van der Waals surface area contributed by atoms with Crippen LogP contribution in [0, 0.1) is 0 Å². The number of hydrogen-bond donors (Lipinski definition) is 7. The van der Waals surface area contributed by atoms with E-state index in [9.17, 15) is 24.0 Å². The second kappa shape index (κ2) is 20.0. The molecule has 0 heterocycles. The van der Waals surface area contributed by atoms with Crippen LogP contribution in [0.1, 0.15) is 42.9 Å². The molecule has 0 radical (unpaired) electrons. The summed E-state index contributed by atoms with van der Waals surface area (Å²) in [6, 6.07) is 20.0. The van der Waals surface area contributed by atoms with Crippen molar-refractivity contribution in [2.45, 2.75) is 63.9 Å². The zero-order valence-corrected chi connectivity index (χ0v) is 27.7. The first-order valence-electron chi connectivity index (χ1n) is 15.9. The van der Waals surface area contributed by atoms with Gasteiger partial charge in [-0.1, -0.05) is 54.6 Å². The van der Waals surface area contributed by atoms with E-state index in [-0.39, 0.29) is 19.6 Å². The predicted octanol–water partition coefficient (Wildman–Crippen LogP) is 2.92. The molecule has 14 heteroatoms. The molecule has 3 aromatic rings. The number of nitrogens with two attached hydrogens (primary N) is 2. The molecule has 0 aromatic heterocycles. The highest BCUT2D eigenvalue weighted by atomic mass is 16.6. The first kappa shape index (κ1) is 38.0. The van der Waals surface area contributed by atoms with E-state index in [1.807, 2.05) is 30.3 Å². The summed E-state index contributed by atoms with van der Waals surface area (Å²) in [5.74, 6) is -1.43. The molecule has 0 spiro atoms. The number of alkyl carbamates (subject to hydrolysis) is 1. The zero-order valence-electron chi connectivity index (χ0n) is 27.7. The lowest BCUT2D eigenvalue weighted by Crippen LogP contribution is -2.55. The highest BCUT2D eigenvalue weighted by Gasteiger charge is 2.27. The number of nitrogens with one attached hydrogen (secondary N) is 5. The third-order valence-corrected chi connectivity index (χ3v) is 7.27. The van der Waals surface area contributed by atoms with Crippen LogP contribution >= 0.6 is 0 Å². The standard InChI is InChI=1S/C35H45N7O7/c1-23(37)31(43)42-30(20-24-8-4-3-5-9-24)33(45)41-29(10-6-7-19-36)32(44)39-27-15-11-26(12-16-27)22-49-35(47)40-28-17-13-25(14-18-28)21-48-34(46)38-2/h3-5,8-9,11-18,23,29-30H,6-7,10,19-22,36-37H2,1-2H3,(H,38,46)(H,39,44)(H,40,47)(H,41,45)(H,42,43)/t23-,29+,30+/m1/s1. The molecule has 0 fully saturated rings. The molecule has 0 saturated carbocycles. The average Bonchev–Trinajstić information content (AvgIpc) is 3.10. The van der Waals surface area contributed by atoms with E-state index in [0.717, 1.165) is 11.1 Å². The van der Waals surface area contributed by atoms with Gasteiger partial charge >= 0.3 is 12.2 Å². The lowest BCUT2D eigenvalue weighted by molar-refractivity contribution is -0.131. The van der Waals surface area contributed by atoms with Crippen LogP contribution in [0.4, 0.5) is 21.0 Å². The predicted molar refractivity (Wildman–Crippen MR) is 185 cm³/mol. The fraction of sp³-hybridized carbons (Fsp3) is 0.343. The van der Waals surface area contributed by atoms with Crippen LogP contribution in [0.15, 0.2) is 78.9 Å². The summed E-state index contributed by atoms with van der Waals surface area (Å²) in [6.07, 6.45) is 0.607. The van der Waals surface area contributed by atoms with E-state index >= 15 is 0 Å². The van der Waals surface area contributed by atoms with Gasteiger partial charge in [0.15, 0.2) is 0 Å². The maximum atomic E-state index is 13.4. The van der Waals surface area contributed by atoms with Crippen molar-refractivity contribution in [2.75, 3.05) is 24.2 Å². The molecular formula is C35H45N7O7. The summed E-state index contributed by atoms with van der Waals surface area (Å²) in [4.78, 5) is 62.7. The third kappa shape index (κ3) is 13.7. The number of rotatable bonds is 17. The van der Waals surface area contributed by atoms with Gasteiger partial charge in [-0.25, -0.2) is 9.59 Å². The first-order valence-corrected chi connectivity index (χ1v) is 15.9. The smallest absolute Gasteiger partial charge is 0.411 e. The first-order chi connectivity index (χ1) is 23.6. The van der Waals surface area contributed by atoms with Crippen molar-refractivity contribution in [3.8, 4) is 0 Å². The van der Waals surface area contributed by atoms with Gasteiger partial charge in [0, 0.05) is 24.8 Å². The Morgan fingerprint density at radius 3 is 1.76 bits per heavy atom. The van der Waals surface area contributed by atoms with Crippen molar-refractivity contribution in [3.63, 3.8) is 0 Å². The van der Waals surface area contributed by atoms with Crippen LogP contribution in [-0.4, -0.2) is 61.6 Å². The van der Waals surface area contributed by atoms with Crippen LogP contribution in [0.25, 0.3) is 0 Å². The minimum Gasteiger partial charge on any atom is -0.445 e. The van der Waals surface area contributed by atoms with Crippen LogP contribution in [-0.2, 0) is 43.5 Å². The van der Waals surface area contributed by atoms with Gasteiger partial charge in [0.1, 0.15) is 25.3 Å². The van der Waals surface area contributed by atoms with Crippen molar-refractivity contribution < 1.29 is 33.4 Å². The molecule has 3 aromatic carbocycles. The van der Waals surface area contributed by atoms with E-state index in [4.69, 9.17) is 20.9 Å². The van der Waals surface area contributed by atoms with Gasteiger partial charge in [-0.3, -0.25) is 19.7 Å². The van der Waals surface area contributed by atoms with E-state index < -0.39 is 48.0 Å². The van der Waals surface area contributed by atoms with Crippen molar-refractivity contribution >= 4 is 41.3 Å². The normalized spacial score (nSPS) is 12.4. The quantitative estimate of drug-likeness (QED) is 0.105. The van der Waals surface area contributed by atoms with Gasteiger partial charge in [-0.2, -0.15) is 0 Å². The molecular weight excluding hydrogens is 630 g/mol. The van der Waals surface area contributed by atoms with E-state index in [1.54, 1.807) is 48.5 Å². The molecule has 49 heavy (non-hydrogen) atoms. The summed E-state index contributed by atoms with van der Waals surface area (Å²) < 4.78 is 10.3. The highest BCUT2D eigenvalue weighted by molar-refractivity contribution is 5.98. The second-order valence-electron chi connectivity index (χ2n) is 11.3. The number of ether oxygens (including phenoxy) is 2. The Bertz CT molecular complexity index is 1520.